The van der Waals surface area contributed by atoms with Gasteiger partial charge in [-0.1, -0.05) is 41.9 Å². The van der Waals surface area contributed by atoms with Crippen LogP contribution in [0.15, 0.2) is 66.7 Å². The Balaban J connectivity index is 1.57. The Morgan fingerprint density at radius 2 is 1.83 bits per heavy atom. The average molecular weight is 420 g/mol. The van der Waals surface area contributed by atoms with Gasteiger partial charge in [-0.25, -0.2) is 4.79 Å². The molecule has 3 aromatic carbocycles. The van der Waals surface area contributed by atoms with E-state index in [0.717, 1.165) is 22.4 Å². The molecule has 0 radical (unpaired) electrons. The number of carbonyl (C=O) groups excluding carboxylic acids is 2. The van der Waals surface area contributed by atoms with Crippen molar-refractivity contribution in [2.24, 2.45) is 0 Å². The summed E-state index contributed by atoms with van der Waals surface area (Å²) < 4.78 is 10.7. The van der Waals surface area contributed by atoms with Crippen molar-refractivity contribution in [3.63, 3.8) is 0 Å². The molecule has 0 bridgehead atoms. The van der Waals surface area contributed by atoms with Gasteiger partial charge in [-0.2, -0.15) is 0 Å². The molecule has 30 heavy (non-hydrogen) atoms. The first kappa shape index (κ1) is 19.7. The molecule has 1 N–H and O–H groups in total. The largest absolute Gasteiger partial charge is 0.488 e. The zero-order valence-electron chi connectivity index (χ0n) is 16.1. The smallest absolute Gasteiger partial charge is 0.337 e. The van der Waals surface area contributed by atoms with Crippen LogP contribution in [-0.4, -0.2) is 19.0 Å². The highest BCUT2D eigenvalue weighted by Crippen LogP contribution is 2.36. The summed E-state index contributed by atoms with van der Waals surface area (Å²) in [5.41, 5.74) is 4.20. The van der Waals surface area contributed by atoms with Crippen molar-refractivity contribution in [1.82, 2.24) is 0 Å². The van der Waals surface area contributed by atoms with E-state index in [1.54, 1.807) is 36.4 Å². The van der Waals surface area contributed by atoms with Crippen LogP contribution in [0.4, 0.5) is 5.69 Å². The van der Waals surface area contributed by atoms with E-state index < -0.39 is 0 Å². The number of fused-ring (bicyclic) bond motifs is 1. The van der Waals surface area contributed by atoms with Crippen LogP contribution in [0.5, 0.6) is 5.75 Å². The molecule has 0 aromatic heterocycles. The van der Waals surface area contributed by atoms with E-state index in [4.69, 9.17) is 21.1 Å². The number of anilines is 1. The standard InChI is InChI=1S/C24H18ClNO4/c1-29-24(28)16-8-6-15(7-9-16)14-30-22-5-3-2-4-17(22)12-20-19-13-18(25)10-11-21(19)26-23(20)27/h2-13H,14H2,1H3,(H,26,27). The van der Waals surface area contributed by atoms with Crippen LogP contribution >= 0.6 is 11.6 Å². The molecule has 0 spiro atoms. The molecule has 0 aliphatic carbocycles. The molecule has 1 aliphatic heterocycles. The lowest BCUT2D eigenvalue weighted by atomic mass is 10.0. The van der Waals surface area contributed by atoms with Gasteiger partial charge in [0.2, 0.25) is 0 Å². The summed E-state index contributed by atoms with van der Waals surface area (Å²) in [4.78, 5) is 24.0. The molecule has 4 rings (SSSR count). The van der Waals surface area contributed by atoms with Gasteiger partial charge < -0.3 is 14.8 Å². The maximum Gasteiger partial charge on any atom is 0.337 e. The number of nitrogens with one attached hydrogen (secondary N) is 1. The zero-order valence-corrected chi connectivity index (χ0v) is 16.9. The van der Waals surface area contributed by atoms with E-state index in [1.165, 1.54) is 7.11 Å². The molecule has 6 heteroatoms. The number of amides is 1. The van der Waals surface area contributed by atoms with Gasteiger partial charge in [-0.15, -0.1) is 0 Å². The van der Waals surface area contributed by atoms with Crippen LogP contribution in [0.2, 0.25) is 5.02 Å². The molecule has 3 aromatic rings. The molecule has 5 nitrogen and oxygen atoms in total. The minimum absolute atomic E-state index is 0.180. The second-order valence-electron chi connectivity index (χ2n) is 6.72. The normalized spacial score (nSPS) is 13.7. The van der Waals surface area contributed by atoms with Crippen molar-refractivity contribution >= 4 is 40.8 Å². The number of ether oxygens (including phenoxy) is 2. The third kappa shape index (κ3) is 4.07. The summed E-state index contributed by atoms with van der Waals surface area (Å²) in [6, 6.07) is 19.8. The highest BCUT2D eigenvalue weighted by atomic mass is 35.5. The van der Waals surface area contributed by atoms with Crippen molar-refractivity contribution in [1.29, 1.82) is 0 Å². The average Bonchev–Trinajstić information content (AvgIpc) is 3.07. The predicted molar refractivity (Wildman–Crippen MR) is 117 cm³/mol. The Kier molecular flexibility index (Phi) is 5.55. The molecule has 0 saturated heterocycles. The molecular weight excluding hydrogens is 402 g/mol. The highest BCUT2D eigenvalue weighted by molar-refractivity contribution is 6.36. The van der Waals surface area contributed by atoms with Gasteiger partial charge in [0, 0.05) is 27.4 Å². The summed E-state index contributed by atoms with van der Waals surface area (Å²) in [6.07, 6.45) is 1.80. The predicted octanol–water partition coefficient (Wildman–Crippen LogP) is 5.20. The summed E-state index contributed by atoms with van der Waals surface area (Å²) in [5, 5.41) is 3.41. The Bertz CT molecular complexity index is 1150. The number of esters is 1. The van der Waals surface area contributed by atoms with E-state index in [2.05, 4.69) is 5.32 Å². The number of methoxy groups -OCH3 is 1. The summed E-state index contributed by atoms with van der Waals surface area (Å²) in [7, 11) is 1.35. The maximum atomic E-state index is 12.4. The minimum Gasteiger partial charge on any atom is -0.488 e. The first-order valence-electron chi connectivity index (χ1n) is 9.27. The fourth-order valence-corrected chi connectivity index (χ4v) is 3.38. The van der Waals surface area contributed by atoms with Crippen LogP contribution in [0.3, 0.4) is 0 Å². The molecule has 150 valence electrons. The fraction of sp³-hybridized carbons (Fsp3) is 0.0833. The third-order valence-electron chi connectivity index (χ3n) is 4.75. The lowest BCUT2D eigenvalue weighted by Crippen LogP contribution is -2.04. The lowest BCUT2D eigenvalue weighted by molar-refractivity contribution is -0.110. The number of hydrogen-bond donors (Lipinski definition) is 1. The number of carbonyl (C=O) groups is 2. The molecular formula is C24H18ClNO4. The van der Waals surface area contributed by atoms with E-state index in [9.17, 15) is 9.59 Å². The van der Waals surface area contributed by atoms with Gasteiger partial charge in [0.05, 0.1) is 12.7 Å². The Labute approximate surface area is 178 Å². The van der Waals surface area contributed by atoms with Crippen LogP contribution in [0.1, 0.15) is 27.0 Å². The van der Waals surface area contributed by atoms with Crippen LogP contribution in [0, 0.1) is 0 Å². The third-order valence-corrected chi connectivity index (χ3v) is 4.99. The van der Waals surface area contributed by atoms with Crippen LogP contribution in [0.25, 0.3) is 11.6 Å². The Morgan fingerprint density at radius 3 is 2.60 bits per heavy atom. The van der Waals surface area contributed by atoms with Crippen molar-refractivity contribution in [2.45, 2.75) is 6.61 Å². The molecule has 1 amide bonds. The maximum absolute atomic E-state index is 12.4. The second-order valence-corrected chi connectivity index (χ2v) is 7.15. The Morgan fingerprint density at radius 1 is 1.07 bits per heavy atom. The molecule has 1 aliphatic rings. The van der Waals surface area contributed by atoms with Crippen molar-refractivity contribution < 1.29 is 19.1 Å². The summed E-state index contributed by atoms with van der Waals surface area (Å²) in [5.74, 6) is 0.0838. The topological polar surface area (TPSA) is 64.6 Å². The summed E-state index contributed by atoms with van der Waals surface area (Å²) >= 11 is 6.11. The molecule has 1 heterocycles. The molecule has 0 unspecified atom stereocenters. The van der Waals surface area contributed by atoms with Gasteiger partial charge in [0.1, 0.15) is 12.4 Å². The second kappa shape index (κ2) is 8.43. The number of halogens is 1. The Hall–Kier alpha value is -3.57. The van der Waals surface area contributed by atoms with E-state index in [-0.39, 0.29) is 11.9 Å². The van der Waals surface area contributed by atoms with Gasteiger partial charge >= 0.3 is 5.97 Å². The molecule has 0 atom stereocenters. The molecule has 0 fully saturated rings. The van der Waals surface area contributed by atoms with Gasteiger partial charge in [-0.3, -0.25) is 4.79 Å². The van der Waals surface area contributed by atoms with Crippen LogP contribution in [-0.2, 0) is 16.1 Å². The van der Waals surface area contributed by atoms with E-state index in [0.29, 0.717) is 28.5 Å². The first-order chi connectivity index (χ1) is 14.5. The number of para-hydroxylation sites is 1. The quantitative estimate of drug-likeness (QED) is 0.456. The fourth-order valence-electron chi connectivity index (χ4n) is 3.21. The first-order valence-corrected chi connectivity index (χ1v) is 9.65. The lowest BCUT2D eigenvalue weighted by Gasteiger charge is -2.10. The van der Waals surface area contributed by atoms with Gasteiger partial charge in [-0.05, 0) is 48.0 Å². The zero-order chi connectivity index (χ0) is 21.1. The monoisotopic (exact) mass is 419 g/mol. The minimum atomic E-state index is -0.380. The number of hydrogen-bond acceptors (Lipinski definition) is 4. The van der Waals surface area contributed by atoms with Crippen molar-refractivity contribution in [2.75, 3.05) is 12.4 Å². The van der Waals surface area contributed by atoms with Gasteiger partial charge in [0.25, 0.3) is 5.91 Å². The van der Waals surface area contributed by atoms with E-state index >= 15 is 0 Å². The van der Waals surface area contributed by atoms with Crippen molar-refractivity contribution in [3.05, 3.63) is 94.0 Å². The van der Waals surface area contributed by atoms with Crippen molar-refractivity contribution in [3.8, 4) is 5.75 Å². The molecule has 0 saturated carbocycles. The van der Waals surface area contributed by atoms with E-state index in [1.807, 2.05) is 36.4 Å². The number of rotatable bonds is 5. The number of benzene rings is 3. The SMILES string of the molecule is COC(=O)c1ccc(COc2ccccc2C=C2C(=O)Nc3ccc(Cl)cc32)cc1. The highest BCUT2D eigenvalue weighted by Gasteiger charge is 2.24. The van der Waals surface area contributed by atoms with Crippen LogP contribution < -0.4 is 10.1 Å². The summed E-state index contributed by atoms with van der Waals surface area (Å²) in [6.45, 7) is 0.316. The van der Waals surface area contributed by atoms with Gasteiger partial charge in [0.15, 0.2) is 0 Å².